The molecule has 0 spiro atoms. The minimum Gasteiger partial charge on any atom is -0.474 e. The lowest BCUT2D eigenvalue weighted by Crippen LogP contribution is -2.33. The molecule has 0 aromatic carbocycles. The number of allylic oxidation sites excluding steroid dienone is 1. The van der Waals surface area contributed by atoms with E-state index in [0.717, 1.165) is 0 Å². The van der Waals surface area contributed by atoms with Crippen LogP contribution in [0, 0.1) is 10.1 Å². The first-order valence-corrected chi connectivity index (χ1v) is 7.12. The van der Waals surface area contributed by atoms with Gasteiger partial charge < -0.3 is 20.9 Å². The Morgan fingerprint density at radius 1 is 1.64 bits per heavy atom. The minimum absolute atomic E-state index is 0.0397. The summed E-state index contributed by atoms with van der Waals surface area (Å²) in [4.78, 5) is 14.6. The van der Waals surface area contributed by atoms with Gasteiger partial charge in [0, 0.05) is 12.6 Å². The van der Waals surface area contributed by atoms with Crippen molar-refractivity contribution in [3.05, 3.63) is 21.7 Å². The highest BCUT2D eigenvalue weighted by molar-refractivity contribution is 5.96. The summed E-state index contributed by atoms with van der Waals surface area (Å²) in [5.41, 5.74) is 10.8. The zero-order chi connectivity index (χ0) is 16.7. The van der Waals surface area contributed by atoms with E-state index in [-0.39, 0.29) is 30.9 Å². The van der Waals surface area contributed by atoms with Gasteiger partial charge in [-0.05, 0) is 26.7 Å². The molecule has 0 amide bonds. The first-order chi connectivity index (χ1) is 10.3. The second-order valence-corrected chi connectivity index (χ2v) is 5.25. The van der Waals surface area contributed by atoms with Gasteiger partial charge in [0.15, 0.2) is 0 Å². The molecule has 1 aliphatic rings. The molecule has 1 fully saturated rings. The highest BCUT2D eigenvalue weighted by Gasteiger charge is 2.28. The number of halogens is 1. The molecule has 1 aliphatic heterocycles. The van der Waals surface area contributed by atoms with Gasteiger partial charge in [-0.2, -0.15) is 0 Å². The van der Waals surface area contributed by atoms with Crippen LogP contribution < -0.4 is 11.5 Å². The molecule has 1 heterocycles. The van der Waals surface area contributed by atoms with E-state index in [1.807, 2.05) is 0 Å². The Morgan fingerprint density at radius 3 is 2.86 bits per heavy atom. The maximum atomic E-state index is 13.7. The van der Waals surface area contributed by atoms with E-state index in [9.17, 15) is 14.5 Å². The largest absolute Gasteiger partial charge is 0.474 e. The fourth-order valence-corrected chi connectivity index (χ4v) is 1.97. The van der Waals surface area contributed by atoms with Crippen LogP contribution in [0.5, 0.6) is 0 Å². The van der Waals surface area contributed by atoms with Gasteiger partial charge >= 0.3 is 5.70 Å². The van der Waals surface area contributed by atoms with Crippen LogP contribution in [0.4, 0.5) is 4.39 Å². The van der Waals surface area contributed by atoms with E-state index in [1.54, 1.807) is 6.92 Å². The lowest BCUT2D eigenvalue weighted by Gasteiger charge is -2.23. The van der Waals surface area contributed by atoms with Crippen LogP contribution in [0.3, 0.4) is 0 Å². The average Bonchev–Trinajstić information content (AvgIpc) is 2.40. The standard InChI is InChI=1S/C13H23FN4O4/c1-8(15)3-6-22-13(16)12(18(19)20)9(2)17-11-4-5-21-7-10(11)14/h8,10-11H,3-7,15-16H2,1-2H3. The number of nitrogens with zero attached hydrogens (tertiary/aromatic N) is 2. The molecule has 1 rings (SSSR count). The molecule has 8 nitrogen and oxygen atoms in total. The first-order valence-electron chi connectivity index (χ1n) is 7.12. The number of nitrogens with two attached hydrogens (primary N) is 2. The maximum absolute atomic E-state index is 13.7. The third-order valence-electron chi connectivity index (χ3n) is 3.20. The first kappa shape index (κ1) is 18.3. The fraction of sp³-hybridized carbons (Fsp3) is 0.769. The summed E-state index contributed by atoms with van der Waals surface area (Å²) in [5.74, 6) is -0.339. The van der Waals surface area contributed by atoms with Gasteiger partial charge in [0.1, 0.15) is 11.9 Å². The molecule has 4 N–H and O–H groups in total. The number of rotatable bonds is 7. The molecule has 1 saturated heterocycles. The van der Waals surface area contributed by atoms with Crippen LogP contribution in [0.1, 0.15) is 26.7 Å². The summed E-state index contributed by atoms with van der Waals surface area (Å²) in [6.45, 7) is 3.69. The van der Waals surface area contributed by atoms with Crippen LogP contribution in [-0.4, -0.2) is 48.7 Å². The minimum atomic E-state index is -1.28. The number of aliphatic imine (C=N–C) groups is 1. The van der Waals surface area contributed by atoms with Crippen molar-refractivity contribution in [2.75, 3.05) is 19.8 Å². The van der Waals surface area contributed by atoms with Crippen LogP contribution in [-0.2, 0) is 9.47 Å². The summed E-state index contributed by atoms with van der Waals surface area (Å²) in [5, 5.41) is 11.2. The van der Waals surface area contributed by atoms with Crippen molar-refractivity contribution in [2.45, 2.75) is 44.9 Å². The van der Waals surface area contributed by atoms with Gasteiger partial charge in [0.05, 0.1) is 24.2 Å². The zero-order valence-corrected chi connectivity index (χ0v) is 12.8. The summed E-state index contributed by atoms with van der Waals surface area (Å²) < 4.78 is 23.8. The lowest BCUT2D eigenvalue weighted by atomic mass is 10.1. The Bertz CT molecular complexity index is 453. The van der Waals surface area contributed by atoms with Crippen molar-refractivity contribution in [3.63, 3.8) is 0 Å². The number of ether oxygens (including phenoxy) is 2. The average molecular weight is 318 g/mol. The van der Waals surface area contributed by atoms with E-state index in [4.69, 9.17) is 20.9 Å². The molecule has 0 saturated carbocycles. The molecule has 9 heteroatoms. The summed E-state index contributed by atoms with van der Waals surface area (Å²) in [6.07, 6.45) is -0.402. The third kappa shape index (κ3) is 5.57. The Labute approximate surface area is 128 Å². The van der Waals surface area contributed by atoms with E-state index in [2.05, 4.69) is 4.99 Å². The summed E-state index contributed by atoms with van der Waals surface area (Å²) in [7, 11) is 0. The molecule has 0 bridgehead atoms. The van der Waals surface area contributed by atoms with Gasteiger partial charge in [-0.3, -0.25) is 15.1 Å². The topological polar surface area (TPSA) is 126 Å². The quantitative estimate of drug-likeness (QED) is 0.308. The van der Waals surface area contributed by atoms with Crippen LogP contribution in [0.25, 0.3) is 0 Å². The Balaban J connectivity index is 2.85. The summed E-state index contributed by atoms with van der Waals surface area (Å²) in [6, 6.07) is -0.767. The SMILES string of the molecule is CC(=NC1CCOCC1F)C(=C(N)OCCC(C)N)[N+](=O)[O-]. The number of hydrogen-bond acceptors (Lipinski definition) is 7. The normalized spacial score (nSPS) is 25.4. The number of hydrogen-bond donors (Lipinski definition) is 2. The lowest BCUT2D eigenvalue weighted by molar-refractivity contribution is -0.418. The maximum Gasteiger partial charge on any atom is 0.348 e. The van der Waals surface area contributed by atoms with Gasteiger partial charge in [0.2, 0.25) is 0 Å². The molecule has 3 unspecified atom stereocenters. The molecule has 0 aromatic rings. The highest BCUT2D eigenvalue weighted by atomic mass is 19.1. The van der Waals surface area contributed by atoms with Gasteiger partial charge in [-0.25, -0.2) is 4.39 Å². The van der Waals surface area contributed by atoms with E-state index < -0.39 is 22.8 Å². The molecule has 22 heavy (non-hydrogen) atoms. The molecule has 0 aromatic heterocycles. The Hall–Kier alpha value is -1.74. The van der Waals surface area contributed by atoms with E-state index in [0.29, 0.717) is 19.4 Å². The Morgan fingerprint density at radius 2 is 2.32 bits per heavy atom. The molecular weight excluding hydrogens is 295 g/mol. The monoisotopic (exact) mass is 318 g/mol. The van der Waals surface area contributed by atoms with Crippen LogP contribution in [0.2, 0.25) is 0 Å². The fourth-order valence-electron chi connectivity index (χ4n) is 1.97. The number of nitro groups is 1. The van der Waals surface area contributed by atoms with Gasteiger partial charge in [0.25, 0.3) is 5.88 Å². The molecule has 0 radical (unpaired) electrons. The van der Waals surface area contributed by atoms with Gasteiger partial charge in [-0.1, -0.05) is 0 Å². The van der Waals surface area contributed by atoms with Crippen molar-refractivity contribution in [1.82, 2.24) is 0 Å². The second kappa shape index (κ2) is 8.64. The predicted molar refractivity (Wildman–Crippen MR) is 79.7 cm³/mol. The third-order valence-corrected chi connectivity index (χ3v) is 3.20. The number of alkyl halides is 1. The molecule has 0 aliphatic carbocycles. The predicted octanol–water partition coefficient (Wildman–Crippen LogP) is 0.733. The zero-order valence-electron chi connectivity index (χ0n) is 12.8. The smallest absolute Gasteiger partial charge is 0.348 e. The van der Waals surface area contributed by atoms with Crippen LogP contribution >= 0.6 is 0 Å². The van der Waals surface area contributed by atoms with Crippen molar-refractivity contribution >= 4 is 5.71 Å². The van der Waals surface area contributed by atoms with Crippen molar-refractivity contribution in [1.29, 1.82) is 0 Å². The second-order valence-electron chi connectivity index (χ2n) is 5.25. The Kier molecular flexibility index (Phi) is 7.19. The summed E-state index contributed by atoms with van der Waals surface area (Å²) >= 11 is 0. The van der Waals surface area contributed by atoms with Crippen molar-refractivity contribution in [2.24, 2.45) is 16.5 Å². The van der Waals surface area contributed by atoms with Crippen LogP contribution in [0.15, 0.2) is 16.6 Å². The molecular formula is C13H23FN4O4. The van der Waals surface area contributed by atoms with Crippen molar-refractivity contribution in [3.8, 4) is 0 Å². The van der Waals surface area contributed by atoms with E-state index >= 15 is 0 Å². The van der Waals surface area contributed by atoms with Crippen molar-refractivity contribution < 1.29 is 18.8 Å². The molecule has 126 valence electrons. The van der Waals surface area contributed by atoms with Gasteiger partial charge in [-0.15, -0.1) is 0 Å². The highest BCUT2D eigenvalue weighted by Crippen LogP contribution is 2.17. The van der Waals surface area contributed by atoms with E-state index in [1.165, 1.54) is 6.92 Å². The molecule has 3 atom stereocenters.